The number of hydrogen-bond donors (Lipinski definition) is 0. The van der Waals surface area contributed by atoms with Gasteiger partial charge in [-0.25, -0.2) is 0 Å². The highest BCUT2D eigenvalue weighted by atomic mass is 16.5. The second-order valence-corrected chi connectivity index (χ2v) is 5.21. The van der Waals surface area contributed by atoms with E-state index in [1.165, 1.54) is 32.2 Å². The van der Waals surface area contributed by atoms with E-state index in [-0.39, 0.29) is 6.10 Å². The first-order chi connectivity index (χ1) is 8.29. The van der Waals surface area contributed by atoms with Crippen molar-refractivity contribution in [3.05, 3.63) is 0 Å². The minimum absolute atomic E-state index is 0.215. The number of morpholine rings is 1. The van der Waals surface area contributed by atoms with Gasteiger partial charge in [0.2, 0.25) is 0 Å². The molecule has 17 heavy (non-hydrogen) atoms. The fourth-order valence-electron chi connectivity index (χ4n) is 2.82. The molecule has 2 unspecified atom stereocenters. The van der Waals surface area contributed by atoms with Crippen LogP contribution in [0, 0.1) is 11.3 Å². The maximum atomic E-state index is 8.86. The van der Waals surface area contributed by atoms with Crippen LogP contribution in [0.15, 0.2) is 0 Å². The third kappa shape index (κ3) is 3.67. The summed E-state index contributed by atoms with van der Waals surface area (Å²) in [7, 11) is 2.24. The fourth-order valence-corrected chi connectivity index (χ4v) is 2.82. The molecule has 0 spiro atoms. The number of ether oxygens (including phenoxy) is 1. The first-order valence-corrected chi connectivity index (χ1v) is 6.73. The van der Waals surface area contributed by atoms with E-state index in [4.69, 9.17) is 10.00 Å². The highest BCUT2D eigenvalue weighted by molar-refractivity contribution is 4.89. The summed E-state index contributed by atoms with van der Waals surface area (Å²) in [6.07, 6.45) is 5.07. The number of nitrogens with zero attached hydrogens (tertiary/aromatic N) is 3. The summed E-state index contributed by atoms with van der Waals surface area (Å²) in [5, 5.41) is 8.86. The Bertz CT molecular complexity index is 276. The van der Waals surface area contributed by atoms with Crippen LogP contribution in [0.5, 0.6) is 0 Å². The highest BCUT2D eigenvalue weighted by Crippen LogP contribution is 2.18. The monoisotopic (exact) mass is 237 g/mol. The highest BCUT2D eigenvalue weighted by Gasteiger charge is 2.23. The standard InChI is InChI=1S/C13H23N3O/c1-15-6-3-2-4-12(15)5-7-16-8-9-17-13(10-14)11-16/h12-13H,2-9,11H2,1H3. The molecule has 2 fully saturated rings. The molecule has 0 bridgehead atoms. The summed E-state index contributed by atoms with van der Waals surface area (Å²) in [6, 6.07) is 2.95. The van der Waals surface area contributed by atoms with Crippen LogP contribution in [0.3, 0.4) is 0 Å². The van der Waals surface area contributed by atoms with Gasteiger partial charge >= 0.3 is 0 Å². The largest absolute Gasteiger partial charge is 0.361 e. The smallest absolute Gasteiger partial charge is 0.156 e. The van der Waals surface area contributed by atoms with E-state index >= 15 is 0 Å². The Labute approximate surface area is 104 Å². The second-order valence-electron chi connectivity index (χ2n) is 5.21. The van der Waals surface area contributed by atoms with Crippen molar-refractivity contribution in [3.8, 4) is 6.07 Å². The van der Waals surface area contributed by atoms with E-state index in [9.17, 15) is 0 Å². The van der Waals surface area contributed by atoms with Gasteiger partial charge in [-0.3, -0.25) is 4.90 Å². The first-order valence-electron chi connectivity index (χ1n) is 6.73. The van der Waals surface area contributed by atoms with E-state index in [0.29, 0.717) is 6.61 Å². The molecule has 2 rings (SSSR count). The zero-order valence-electron chi connectivity index (χ0n) is 10.8. The van der Waals surface area contributed by atoms with Gasteiger partial charge in [0.1, 0.15) is 0 Å². The van der Waals surface area contributed by atoms with E-state index in [1.807, 2.05) is 0 Å². The van der Waals surface area contributed by atoms with Crippen LogP contribution in [0.4, 0.5) is 0 Å². The molecule has 0 N–H and O–H groups in total. The van der Waals surface area contributed by atoms with E-state index in [1.54, 1.807) is 0 Å². The molecule has 0 aromatic carbocycles. The Morgan fingerprint density at radius 1 is 1.35 bits per heavy atom. The van der Waals surface area contributed by atoms with Gasteiger partial charge in [0.15, 0.2) is 6.10 Å². The van der Waals surface area contributed by atoms with Gasteiger partial charge in [0, 0.05) is 19.1 Å². The molecule has 2 aliphatic heterocycles. The predicted molar refractivity (Wildman–Crippen MR) is 66.7 cm³/mol. The van der Waals surface area contributed by atoms with Crippen LogP contribution in [0.2, 0.25) is 0 Å². The lowest BCUT2D eigenvalue weighted by molar-refractivity contribution is -0.00300. The molecule has 0 aliphatic carbocycles. The van der Waals surface area contributed by atoms with E-state index < -0.39 is 0 Å². The van der Waals surface area contributed by atoms with Gasteiger partial charge < -0.3 is 9.64 Å². The molecule has 4 nitrogen and oxygen atoms in total. The Morgan fingerprint density at radius 3 is 3.00 bits per heavy atom. The summed E-state index contributed by atoms with van der Waals surface area (Å²) >= 11 is 0. The number of hydrogen-bond acceptors (Lipinski definition) is 4. The molecule has 0 saturated carbocycles. The minimum atomic E-state index is -0.215. The van der Waals surface area contributed by atoms with Crippen LogP contribution in [-0.2, 0) is 4.74 Å². The average molecular weight is 237 g/mol. The fraction of sp³-hybridized carbons (Fsp3) is 0.923. The van der Waals surface area contributed by atoms with Gasteiger partial charge in [-0.1, -0.05) is 6.42 Å². The van der Waals surface area contributed by atoms with Crippen molar-refractivity contribution in [2.75, 3.05) is 39.8 Å². The predicted octanol–water partition coefficient (Wildman–Crippen LogP) is 1.09. The van der Waals surface area contributed by atoms with E-state index in [0.717, 1.165) is 25.7 Å². The molecule has 2 aliphatic rings. The molecule has 0 aromatic rings. The lowest BCUT2D eigenvalue weighted by Gasteiger charge is -2.35. The Kier molecular flexibility index (Phi) is 4.78. The normalized spacial score (nSPS) is 32.2. The Morgan fingerprint density at radius 2 is 2.24 bits per heavy atom. The van der Waals surface area contributed by atoms with Crippen LogP contribution in [0.1, 0.15) is 25.7 Å². The third-order valence-electron chi connectivity index (χ3n) is 3.99. The maximum absolute atomic E-state index is 8.86. The summed E-state index contributed by atoms with van der Waals surface area (Å²) in [5.74, 6) is 0. The topological polar surface area (TPSA) is 39.5 Å². The summed E-state index contributed by atoms with van der Waals surface area (Å²) in [6.45, 7) is 4.82. The number of nitriles is 1. The molecule has 96 valence electrons. The molecule has 2 heterocycles. The summed E-state index contributed by atoms with van der Waals surface area (Å²) in [5.41, 5.74) is 0. The van der Waals surface area contributed by atoms with Crippen molar-refractivity contribution in [2.45, 2.75) is 37.8 Å². The van der Waals surface area contributed by atoms with Gasteiger partial charge in [-0.15, -0.1) is 0 Å². The number of piperidine rings is 1. The molecule has 0 amide bonds. The first kappa shape index (κ1) is 12.8. The van der Waals surface area contributed by atoms with Crippen LogP contribution in [-0.4, -0.2) is 61.8 Å². The average Bonchev–Trinajstić information content (AvgIpc) is 2.38. The Hall–Kier alpha value is -0.630. The van der Waals surface area contributed by atoms with E-state index in [2.05, 4.69) is 22.9 Å². The van der Waals surface area contributed by atoms with Gasteiger partial charge in [-0.05, 0) is 39.4 Å². The lowest BCUT2D eigenvalue weighted by atomic mass is 10.00. The molecular weight excluding hydrogens is 214 g/mol. The molecule has 0 aromatic heterocycles. The molecule has 2 saturated heterocycles. The van der Waals surface area contributed by atoms with Crippen molar-refractivity contribution in [2.24, 2.45) is 0 Å². The van der Waals surface area contributed by atoms with Crippen molar-refractivity contribution in [3.63, 3.8) is 0 Å². The van der Waals surface area contributed by atoms with Crippen molar-refractivity contribution in [1.29, 1.82) is 5.26 Å². The van der Waals surface area contributed by atoms with Crippen molar-refractivity contribution in [1.82, 2.24) is 9.80 Å². The maximum Gasteiger partial charge on any atom is 0.156 e. The summed E-state index contributed by atoms with van der Waals surface area (Å²) < 4.78 is 5.36. The third-order valence-corrected chi connectivity index (χ3v) is 3.99. The number of rotatable bonds is 3. The van der Waals surface area contributed by atoms with Crippen LogP contribution >= 0.6 is 0 Å². The summed E-state index contributed by atoms with van der Waals surface area (Å²) in [4.78, 5) is 4.87. The molecule has 0 radical (unpaired) electrons. The van der Waals surface area contributed by atoms with Gasteiger partial charge in [0.05, 0.1) is 12.7 Å². The van der Waals surface area contributed by atoms with Crippen molar-refractivity contribution >= 4 is 0 Å². The number of likely N-dealkylation sites (tertiary alicyclic amines) is 1. The van der Waals surface area contributed by atoms with Crippen LogP contribution < -0.4 is 0 Å². The van der Waals surface area contributed by atoms with Gasteiger partial charge in [-0.2, -0.15) is 5.26 Å². The quantitative estimate of drug-likeness (QED) is 0.736. The van der Waals surface area contributed by atoms with Gasteiger partial charge in [0.25, 0.3) is 0 Å². The lowest BCUT2D eigenvalue weighted by Crippen LogP contribution is -2.44. The molecule has 2 atom stereocenters. The Balaban J connectivity index is 1.72. The molecular formula is C13H23N3O. The zero-order valence-corrected chi connectivity index (χ0v) is 10.8. The second kappa shape index (κ2) is 6.34. The molecule has 4 heteroatoms. The SMILES string of the molecule is CN1CCCCC1CCN1CCOC(C#N)C1. The minimum Gasteiger partial charge on any atom is -0.361 e. The van der Waals surface area contributed by atoms with Crippen molar-refractivity contribution < 1.29 is 4.74 Å². The van der Waals surface area contributed by atoms with Crippen LogP contribution in [0.25, 0.3) is 0 Å². The zero-order chi connectivity index (χ0) is 12.1.